The summed E-state index contributed by atoms with van der Waals surface area (Å²) in [4.78, 5) is 24.2. The van der Waals surface area contributed by atoms with Gasteiger partial charge in [-0.1, -0.05) is 24.3 Å². The maximum absolute atomic E-state index is 12.5. The maximum atomic E-state index is 12.5. The standard InChI is InChI=1S/C16H14N2O2/c1-17-15(19)10-18-13-8-4-2-6-11(13)16(20)12-7-3-5-9-14(12)18/h2-9H,10H2,1H3,(H,17,19). The number of aromatic nitrogens is 1. The van der Waals surface area contributed by atoms with Crippen molar-refractivity contribution in [3.8, 4) is 0 Å². The molecule has 0 unspecified atom stereocenters. The molecule has 0 aliphatic heterocycles. The van der Waals surface area contributed by atoms with Gasteiger partial charge in [-0.2, -0.15) is 0 Å². The average Bonchev–Trinajstić information content (AvgIpc) is 2.51. The lowest BCUT2D eigenvalue weighted by Crippen LogP contribution is -2.25. The number of hydrogen-bond acceptors (Lipinski definition) is 2. The Balaban J connectivity index is 2.46. The number of rotatable bonds is 2. The van der Waals surface area contributed by atoms with Crippen LogP contribution in [-0.2, 0) is 11.3 Å². The number of hydrogen-bond donors (Lipinski definition) is 1. The van der Waals surface area contributed by atoms with Gasteiger partial charge in [0.05, 0.1) is 11.0 Å². The molecule has 0 bridgehead atoms. The molecule has 1 heterocycles. The molecule has 20 heavy (non-hydrogen) atoms. The summed E-state index contributed by atoms with van der Waals surface area (Å²) in [7, 11) is 1.61. The molecule has 100 valence electrons. The van der Waals surface area contributed by atoms with Gasteiger partial charge in [-0.15, -0.1) is 0 Å². The van der Waals surface area contributed by atoms with Gasteiger partial charge in [0.1, 0.15) is 6.54 Å². The summed E-state index contributed by atoms with van der Waals surface area (Å²) in [6, 6.07) is 14.7. The van der Waals surface area contributed by atoms with Crippen molar-refractivity contribution in [3.63, 3.8) is 0 Å². The molecule has 0 fully saturated rings. The second-order valence-corrected chi connectivity index (χ2v) is 4.62. The number of likely N-dealkylation sites (N-methyl/N-ethyl adjacent to an activating group) is 1. The summed E-state index contributed by atoms with van der Waals surface area (Å²) in [5.41, 5.74) is 1.56. The van der Waals surface area contributed by atoms with Crippen LogP contribution in [-0.4, -0.2) is 17.5 Å². The smallest absolute Gasteiger partial charge is 0.239 e. The van der Waals surface area contributed by atoms with E-state index < -0.39 is 0 Å². The van der Waals surface area contributed by atoms with E-state index in [1.807, 2.05) is 41.0 Å². The monoisotopic (exact) mass is 266 g/mol. The van der Waals surface area contributed by atoms with Crippen LogP contribution in [0.1, 0.15) is 0 Å². The first-order valence-corrected chi connectivity index (χ1v) is 6.43. The van der Waals surface area contributed by atoms with Crippen molar-refractivity contribution in [1.29, 1.82) is 0 Å². The molecule has 0 saturated heterocycles. The predicted molar refractivity (Wildman–Crippen MR) is 79.8 cm³/mol. The number of carbonyl (C=O) groups is 1. The molecule has 3 rings (SSSR count). The van der Waals surface area contributed by atoms with Crippen LogP contribution in [0, 0.1) is 0 Å². The van der Waals surface area contributed by atoms with E-state index >= 15 is 0 Å². The Hall–Kier alpha value is -2.62. The third-order valence-corrected chi connectivity index (χ3v) is 3.46. The summed E-state index contributed by atoms with van der Waals surface area (Å²) in [5.74, 6) is -0.0936. The van der Waals surface area contributed by atoms with Gasteiger partial charge in [-0.05, 0) is 24.3 Å². The SMILES string of the molecule is CNC(=O)Cn1c2ccccc2c(=O)c2ccccc21. The number of fused-ring (bicyclic) bond motifs is 2. The van der Waals surface area contributed by atoms with E-state index in [9.17, 15) is 9.59 Å². The fraction of sp³-hybridized carbons (Fsp3) is 0.125. The van der Waals surface area contributed by atoms with Gasteiger partial charge in [0.15, 0.2) is 5.43 Å². The van der Waals surface area contributed by atoms with E-state index in [1.54, 1.807) is 19.2 Å². The van der Waals surface area contributed by atoms with Gasteiger partial charge in [-0.3, -0.25) is 9.59 Å². The number of benzene rings is 2. The van der Waals surface area contributed by atoms with E-state index in [-0.39, 0.29) is 17.9 Å². The van der Waals surface area contributed by atoms with Crippen molar-refractivity contribution in [2.24, 2.45) is 0 Å². The third-order valence-electron chi connectivity index (χ3n) is 3.46. The Kier molecular flexibility index (Phi) is 2.99. The Morgan fingerprint density at radius 3 is 2.00 bits per heavy atom. The molecule has 0 aliphatic carbocycles. The first kappa shape index (κ1) is 12.4. The highest BCUT2D eigenvalue weighted by Gasteiger charge is 2.11. The first-order chi connectivity index (χ1) is 9.72. The molecule has 3 aromatic rings. The fourth-order valence-electron chi connectivity index (χ4n) is 2.47. The normalized spacial score (nSPS) is 10.8. The highest BCUT2D eigenvalue weighted by molar-refractivity contribution is 5.94. The van der Waals surface area contributed by atoms with Crippen LogP contribution in [0.2, 0.25) is 0 Å². The highest BCUT2D eigenvalue weighted by atomic mass is 16.1. The van der Waals surface area contributed by atoms with Crippen LogP contribution in [0.15, 0.2) is 53.3 Å². The molecule has 1 aromatic heterocycles. The van der Waals surface area contributed by atoms with Crippen molar-refractivity contribution in [3.05, 3.63) is 58.8 Å². The number of pyridine rings is 1. The molecule has 4 nitrogen and oxygen atoms in total. The molecule has 1 N–H and O–H groups in total. The minimum absolute atomic E-state index is 0.00403. The highest BCUT2D eigenvalue weighted by Crippen LogP contribution is 2.18. The molecule has 0 aliphatic rings. The van der Waals surface area contributed by atoms with Crippen molar-refractivity contribution in [2.75, 3.05) is 7.05 Å². The number of carbonyl (C=O) groups excluding carboxylic acids is 1. The van der Waals surface area contributed by atoms with Crippen molar-refractivity contribution in [1.82, 2.24) is 9.88 Å². The zero-order valence-corrected chi connectivity index (χ0v) is 11.1. The Morgan fingerprint density at radius 2 is 1.50 bits per heavy atom. The van der Waals surface area contributed by atoms with E-state index in [0.717, 1.165) is 11.0 Å². The van der Waals surface area contributed by atoms with Gasteiger partial charge < -0.3 is 9.88 Å². The number of amides is 1. The lowest BCUT2D eigenvalue weighted by molar-refractivity contribution is -0.121. The van der Waals surface area contributed by atoms with E-state index in [4.69, 9.17) is 0 Å². The maximum Gasteiger partial charge on any atom is 0.239 e. The van der Waals surface area contributed by atoms with Gasteiger partial charge in [0.25, 0.3) is 0 Å². The molecule has 0 atom stereocenters. The van der Waals surface area contributed by atoms with Gasteiger partial charge in [-0.25, -0.2) is 0 Å². The van der Waals surface area contributed by atoms with Crippen molar-refractivity contribution < 1.29 is 4.79 Å². The zero-order chi connectivity index (χ0) is 14.1. The van der Waals surface area contributed by atoms with Crippen LogP contribution >= 0.6 is 0 Å². The van der Waals surface area contributed by atoms with Crippen LogP contribution in [0.3, 0.4) is 0 Å². The Labute approximate surface area is 115 Å². The lowest BCUT2D eigenvalue weighted by Gasteiger charge is -2.14. The fourth-order valence-corrected chi connectivity index (χ4v) is 2.47. The number of nitrogens with zero attached hydrogens (tertiary/aromatic N) is 1. The molecular weight excluding hydrogens is 252 g/mol. The average molecular weight is 266 g/mol. The molecule has 0 spiro atoms. The van der Waals surface area contributed by atoms with Gasteiger partial charge in [0.2, 0.25) is 5.91 Å². The summed E-state index contributed by atoms with van der Waals surface area (Å²) in [5, 5.41) is 3.89. The van der Waals surface area contributed by atoms with E-state index in [0.29, 0.717) is 10.8 Å². The summed E-state index contributed by atoms with van der Waals surface area (Å²) >= 11 is 0. The second kappa shape index (κ2) is 4.81. The van der Waals surface area contributed by atoms with Gasteiger partial charge >= 0.3 is 0 Å². The minimum atomic E-state index is -0.0936. The quantitative estimate of drug-likeness (QED) is 0.720. The number of nitrogens with one attached hydrogen (secondary N) is 1. The van der Waals surface area contributed by atoms with Crippen molar-refractivity contribution >= 4 is 27.7 Å². The molecule has 0 radical (unpaired) electrons. The van der Waals surface area contributed by atoms with Crippen LogP contribution in [0.5, 0.6) is 0 Å². The minimum Gasteiger partial charge on any atom is -0.358 e. The van der Waals surface area contributed by atoms with Gasteiger partial charge in [0, 0.05) is 17.8 Å². The number of para-hydroxylation sites is 2. The first-order valence-electron chi connectivity index (χ1n) is 6.43. The predicted octanol–water partition coefficient (Wildman–Crippen LogP) is 1.90. The zero-order valence-electron chi connectivity index (χ0n) is 11.1. The van der Waals surface area contributed by atoms with Crippen LogP contribution in [0.4, 0.5) is 0 Å². The lowest BCUT2D eigenvalue weighted by atomic mass is 10.1. The molecule has 4 heteroatoms. The second-order valence-electron chi connectivity index (χ2n) is 4.62. The Morgan fingerprint density at radius 1 is 1.00 bits per heavy atom. The summed E-state index contributed by atoms with van der Waals surface area (Å²) in [6.07, 6.45) is 0. The molecule has 0 saturated carbocycles. The third kappa shape index (κ3) is 1.86. The van der Waals surface area contributed by atoms with Crippen LogP contribution in [0.25, 0.3) is 21.8 Å². The topological polar surface area (TPSA) is 51.1 Å². The van der Waals surface area contributed by atoms with E-state index in [1.165, 1.54) is 0 Å². The van der Waals surface area contributed by atoms with Crippen molar-refractivity contribution in [2.45, 2.75) is 6.54 Å². The summed E-state index contributed by atoms with van der Waals surface area (Å²) in [6.45, 7) is 0.192. The Bertz CT molecular complexity index is 805. The molecular formula is C16H14N2O2. The largest absolute Gasteiger partial charge is 0.358 e. The molecule has 2 aromatic carbocycles. The van der Waals surface area contributed by atoms with Crippen LogP contribution < -0.4 is 10.7 Å². The summed E-state index contributed by atoms with van der Waals surface area (Å²) < 4.78 is 1.88. The van der Waals surface area contributed by atoms with E-state index in [2.05, 4.69) is 5.32 Å². The molecule has 1 amide bonds.